The minimum absolute atomic E-state index is 0.148. The third kappa shape index (κ3) is 2.90. The molecule has 1 aromatic carbocycles. The van der Waals surface area contributed by atoms with E-state index in [-0.39, 0.29) is 12.0 Å². The van der Waals surface area contributed by atoms with Crippen LogP contribution in [0.1, 0.15) is 12.8 Å². The summed E-state index contributed by atoms with van der Waals surface area (Å²) in [4.78, 5) is 12.0. The number of carbonyl (C=O) groups excluding carboxylic acids is 1. The Labute approximate surface area is 122 Å². The van der Waals surface area contributed by atoms with Gasteiger partial charge in [-0.2, -0.15) is 5.10 Å². The first-order chi connectivity index (χ1) is 10.3. The van der Waals surface area contributed by atoms with Crippen molar-refractivity contribution in [3.63, 3.8) is 0 Å². The predicted molar refractivity (Wildman–Crippen MR) is 78.2 cm³/mol. The van der Waals surface area contributed by atoms with Crippen LogP contribution >= 0.6 is 0 Å². The maximum Gasteiger partial charge on any atom is 0.254 e. The minimum atomic E-state index is -0.364. The predicted octanol–water partition coefficient (Wildman–Crippen LogP) is 2.20. The van der Waals surface area contributed by atoms with Gasteiger partial charge in [0.05, 0.1) is 12.8 Å². The molecule has 21 heavy (non-hydrogen) atoms. The number of ether oxygens (including phenoxy) is 2. The number of anilines is 1. The van der Waals surface area contributed by atoms with Crippen molar-refractivity contribution in [2.75, 3.05) is 19.0 Å². The Hall–Kier alpha value is -2.34. The second kappa shape index (κ2) is 5.97. The second-order valence-corrected chi connectivity index (χ2v) is 4.86. The molecule has 3 rings (SSSR count). The molecule has 0 bridgehead atoms. The molecule has 1 atom stereocenters. The van der Waals surface area contributed by atoms with Gasteiger partial charge >= 0.3 is 0 Å². The van der Waals surface area contributed by atoms with E-state index in [0.29, 0.717) is 12.4 Å². The molecule has 6 nitrogen and oxygen atoms in total. The highest BCUT2D eigenvalue weighted by Gasteiger charge is 2.24. The average Bonchev–Trinajstić information content (AvgIpc) is 3.18. The average molecular weight is 287 g/mol. The SMILES string of the molecule is COc1ccccc1-c1cc(NC(=O)[C@H]2CCCO2)n[nH]1. The zero-order valence-corrected chi connectivity index (χ0v) is 11.8. The Bertz CT molecular complexity index is 633. The molecule has 2 N–H and O–H groups in total. The van der Waals surface area contributed by atoms with Gasteiger partial charge in [0.1, 0.15) is 11.9 Å². The van der Waals surface area contributed by atoms with Crippen molar-refractivity contribution in [2.24, 2.45) is 0 Å². The number of carbonyl (C=O) groups is 1. The largest absolute Gasteiger partial charge is 0.496 e. The van der Waals surface area contributed by atoms with E-state index in [9.17, 15) is 4.79 Å². The van der Waals surface area contributed by atoms with Gasteiger partial charge < -0.3 is 14.8 Å². The number of para-hydroxylation sites is 1. The Morgan fingerprint density at radius 3 is 3.10 bits per heavy atom. The van der Waals surface area contributed by atoms with E-state index in [0.717, 1.165) is 29.8 Å². The topological polar surface area (TPSA) is 76.2 Å². The summed E-state index contributed by atoms with van der Waals surface area (Å²) in [6.07, 6.45) is 1.32. The number of aromatic amines is 1. The van der Waals surface area contributed by atoms with Gasteiger partial charge in [-0.25, -0.2) is 0 Å². The molecule has 0 spiro atoms. The quantitative estimate of drug-likeness (QED) is 0.904. The number of hydrogen-bond donors (Lipinski definition) is 2. The highest BCUT2D eigenvalue weighted by Crippen LogP contribution is 2.29. The second-order valence-electron chi connectivity index (χ2n) is 4.86. The number of amides is 1. The first-order valence-electron chi connectivity index (χ1n) is 6.89. The third-order valence-electron chi connectivity index (χ3n) is 3.45. The summed E-state index contributed by atoms with van der Waals surface area (Å²) in [5, 5.41) is 9.78. The monoisotopic (exact) mass is 287 g/mol. The lowest BCUT2D eigenvalue weighted by Gasteiger charge is -2.07. The lowest BCUT2D eigenvalue weighted by Crippen LogP contribution is -2.26. The molecular formula is C15H17N3O3. The van der Waals surface area contributed by atoms with E-state index in [2.05, 4.69) is 15.5 Å². The molecule has 6 heteroatoms. The fourth-order valence-corrected chi connectivity index (χ4v) is 2.38. The standard InChI is InChI=1S/C15H17N3O3/c1-20-12-6-3-2-5-10(12)11-9-14(18-17-11)16-15(19)13-7-4-8-21-13/h2-3,5-6,9,13H,4,7-8H2,1H3,(H2,16,17,18,19)/t13-/m1/s1. The number of nitrogens with zero attached hydrogens (tertiary/aromatic N) is 1. The zero-order chi connectivity index (χ0) is 14.7. The van der Waals surface area contributed by atoms with E-state index < -0.39 is 0 Å². The maximum absolute atomic E-state index is 12.0. The number of hydrogen-bond acceptors (Lipinski definition) is 4. The fourth-order valence-electron chi connectivity index (χ4n) is 2.38. The highest BCUT2D eigenvalue weighted by molar-refractivity contribution is 5.94. The number of rotatable bonds is 4. The molecule has 1 aliphatic heterocycles. The van der Waals surface area contributed by atoms with E-state index in [1.807, 2.05) is 24.3 Å². The summed E-state index contributed by atoms with van der Waals surface area (Å²) in [5.41, 5.74) is 1.68. The van der Waals surface area contributed by atoms with E-state index >= 15 is 0 Å². The first-order valence-corrected chi connectivity index (χ1v) is 6.89. The molecule has 2 heterocycles. The van der Waals surface area contributed by atoms with Crippen molar-refractivity contribution in [1.29, 1.82) is 0 Å². The molecular weight excluding hydrogens is 270 g/mol. The van der Waals surface area contributed by atoms with Crippen LogP contribution in [-0.4, -0.2) is 35.9 Å². The van der Waals surface area contributed by atoms with Gasteiger partial charge in [-0.1, -0.05) is 12.1 Å². The van der Waals surface area contributed by atoms with Crippen LogP contribution in [0.2, 0.25) is 0 Å². The lowest BCUT2D eigenvalue weighted by molar-refractivity contribution is -0.124. The fraction of sp³-hybridized carbons (Fsp3) is 0.333. The molecule has 0 aliphatic carbocycles. The highest BCUT2D eigenvalue weighted by atomic mass is 16.5. The first kappa shape index (κ1) is 13.6. The summed E-state index contributed by atoms with van der Waals surface area (Å²) in [7, 11) is 1.62. The van der Waals surface area contributed by atoms with Gasteiger partial charge in [-0.3, -0.25) is 9.89 Å². The van der Waals surface area contributed by atoms with Crippen LogP contribution < -0.4 is 10.1 Å². The van der Waals surface area contributed by atoms with Gasteiger partial charge in [0, 0.05) is 18.2 Å². The summed E-state index contributed by atoms with van der Waals surface area (Å²) < 4.78 is 10.7. The normalized spacial score (nSPS) is 17.7. The van der Waals surface area contributed by atoms with Gasteiger partial charge in [-0.15, -0.1) is 0 Å². The molecule has 1 saturated heterocycles. The lowest BCUT2D eigenvalue weighted by atomic mass is 10.1. The van der Waals surface area contributed by atoms with Crippen molar-refractivity contribution < 1.29 is 14.3 Å². The molecule has 110 valence electrons. The zero-order valence-electron chi connectivity index (χ0n) is 11.8. The van der Waals surface area contributed by atoms with Gasteiger partial charge in [-0.05, 0) is 25.0 Å². The smallest absolute Gasteiger partial charge is 0.254 e. The van der Waals surface area contributed by atoms with E-state index in [1.165, 1.54) is 0 Å². The summed E-state index contributed by atoms with van der Waals surface area (Å²) >= 11 is 0. The molecule has 2 aromatic rings. The van der Waals surface area contributed by atoms with E-state index in [1.54, 1.807) is 13.2 Å². The van der Waals surface area contributed by atoms with Gasteiger partial charge in [0.15, 0.2) is 5.82 Å². The maximum atomic E-state index is 12.0. The van der Waals surface area contributed by atoms with Crippen LogP contribution in [-0.2, 0) is 9.53 Å². The van der Waals surface area contributed by atoms with Crippen molar-refractivity contribution in [3.8, 4) is 17.0 Å². The summed E-state index contributed by atoms with van der Waals surface area (Å²) in [6, 6.07) is 9.41. The number of benzene rings is 1. The van der Waals surface area contributed by atoms with Crippen molar-refractivity contribution in [3.05, 3.63) is 30.3 Å². The molecule has 1 aliphatic rings. The molecule has 0 radical (unpaired) electrons. The molecule has 0 saturated carbocycles. The molecule has 0 unspecified atom stereocenters. The third-order valence-corrected chi connectivity index (χ3v) is 3.45. The van der Waals surface area contributed by atoms with E-state index in [4.69, 9.17) is 9.47 Å². The van der Waals surface area contributed by atoms with Crippen LogP contribution in [0.5, 0.6) is 5.75 Å². The minimum Gasteiger partial charge on any atom is -0.496 e. The Balaban J connectivity index is 1.75. The Morgan fingerprint density at radius 1 is 1.48 bits per heavy atom. The Morgan fingerprint density at radius 2 is 2.33 bits per heavy atom. The molecule has 1 fully saturated rings. The molecule has 1 amide bonds. The van der Waals surface area contributed by atoms with Crippen molar-refractivity contribution >= 4 is 11.7 Å². The number of aromatic nitrogens is 2. The summed E-state index contributed by atoms with van der Waals surface area (Å²) in [5.74, 6) is 1.08. The Kier molecular flexibility index (Phi) is 3.87. The van der Waals surface area contributed by atoms with Gasteiger partial charge in [0.25, 0.3) is 5.91 Å². The number of methoxy groups -OCH3 is 1. The number of H-pyrrole nitrogens is 1. The molecule has 1 aromatic heterocycles. The van der Waals surface area contributed by atoms with Crippen LogP contribution in [0.25, 0.3) is 11.3 Å². The van der Waals surface area contributed by atoms with Crippen LogP contribution in [0.15, 0.2) is 30.3 Å². The van der Waals surface area contributed by atoms with Gasteiger partial charge in [0.2, 0.25) is 0 Å². The number of nitrogens with one attached hydrogen (secondary N) is 2. The van der Waals surface area contributed by atoms with Crippen molar-refractivity contribution in [1.82, 2.24) is 10.2 Å². The summed E-state index contributed by atoms with van der Waals surface area (Å²) in [6.45, 7) is 0.644. The van der Waals surface area contributed by atoms with Crippen molar-refractivity contribution in [2.45, 2.75) is 18.9 Å². The van der Waals surface area contributed by atoms with Crippen LogP contribution in [0, 0.1) is 0 Å². The van der Waals surface area contributed by atoms with Crippen LogP contribution in [0.4, 0.5) is 5.82 Å². The van der Waals surface area contributed by atoms with Crippen LogP contribution in [0.3, 0.4) is 0 Å².